The van der Waals surface area contributed by atoms with E-state index in [1.165, 1.54) is 25.7 Å². The molecule has 1 aromatic rings. The first-order valence-corrected chi connectivity index (χ1v) is 7.43. The van der Waals surface area contributed by atoms with Crippen molar-refractivity contribution in [3.63, 3.8) is 0 Å². The van der Waals surface area contributed by atoms with Crippen molar-refractivity contribution in [2.24, 2.45) is 11.8 Å². The Morgan fingerprint density at radius 2 is 2.29 bits per heavy atom. The lowest BCUT2D eigenvalue weighted by molar-refractivity contribution is 0.207. The van der Waals surface area contributed by atoms with Gasteiger partial charge in [0.15, 0.2) is 0 Å². The van der Waals surface area contributed by atoms with E-state index >= 15 is 0 Å². The van der Waals surface area contributed by atoms with Gasteiger partial charge >= 0.3 is 0 Å². The van der Waals surface area contributed by atoms with Crippen molar-refractivity contribution < 1.29 is 4.42 Å². The van der Waals surface area contributed by atoms with Crippen LogP contribution in [0.5, 0.6) is 0 Å². The van der Waals surface area contributed by atoms with Crippen LogP contribution in [0.1, 0.15) is 44.3 Å². The second kappa shape index (κ2) is 6.05. The van der Waals surface area contributed by atoms with Crippen molar-refractivity contribution in [3.05, 3.63) is 22.6 Å². The number of rotatable bonds is 4. The smallest absolute Gasteiger partial charge is 0.121 e. The fourth-order valence-corrected chi connectivity index (χ4v) is 3.58. The molecule has 17 heavy (non-hydrogen) atoms. The van der Waals surface area contributed by atoms with E-state index in [9.17, 15) is 0 Å². The zero-order valence-electron chi connectivity index (χ0n) is 10.7. The van der Waals surface area contributed by atoms with Gasteiger partial charge in [-0.15, -0.1) is 0 Å². The van der Waals surface area contributed by atoms with Gasteiger partial charge in [0.05, 0.1) is 10.7 Å². The Morgan fingerprint density at radius 1 is 1.47 bits per heavy atom. The molecule has 0 saturated heterocycles. The first-order valence-electron chi connectivity index (χ1n) is 6.63. The van der Waals surface area contributed by atoms with Gasteiger partial charge in [-0.3, -0.25) is 0 Å². The molecule has 0 aliphatic heterocycles. The number of halogens is 1. The normalized spacial score (nSPS) is 29.5. The van der Waals surface area contributed by atoms with E-state index in [1.807, 2.05) is 13.1 Å². The number of nitrogens with one attached hydrogen (secondary N) is 1. The highest BCUT2D eigenvalue weighted by Crippen LogP contribution is 2.43. The van der Waals surface area contributed by atoms with Gasteiger partial charge in [0.25, 0.3) is 0 Å². The Labute approximate surface area is 112 Å². The first kappa shape index (κ1) is 13.2. The van der Waals surface area contributed by atoms with Crippen LogP contribution in [0.2, 0.25) is 0 Å². The SMILES string of the molecule is CCC1CCC(CNC)C(c2occc2Br)C1. The highest BCUT2D eigenvalue weighted by molar-refractivity contribution is 9.10. The average molecular weight is 300 g/mol. The van der Waals surface area contributed by atoms with Crippen molar-refractivity contribution in [2.45, 2.75) is 38.5 Å². The molecule has 0 radical (unpaired) electrons. The molecular formula is C14H22BrNO. The lowest BCUT2D eigenvalue weighted by Crippen LogP contribution is -2.30. The summed E-state index contributed by atoms with van der Waals surface area (Å²) in [7, 11) is 2.04. The lowest BCUT2D eigenvalue weighted by Gasteiger charge is -2.35. The van der Waals surface area contributed by atoms with Crippen LogP contribution in [-0.4, -0.2) is 13.6 Å². The summed E-state index contributed by atoms with van der Waals surface area (Å²) in [5.41, 5.74) is 0. The number of hydrogen-bond acceptors (Lipinski definition) is 2. The molecule has 0 bridgehead atoms. The van der Waals surface area contributed by atoms with Crippen LogP contribution < -0.4 is 5.32 Å². The second-order valence-corrected chi connectivity index (χ2v) is 6.00. The summed E-state index contributed by atoms with van der Waals surface area (Å²) in [6, 6.07) is 2.02. The van der Waals surface area contributed by atoms with Gasteiger partial charge < -0.3 is 9.73 Å². The van der Waals surface area contributed by atoms with Crippen LogP contribution in [0.15, 0.2) is 21.2 Å². The van der Waals surface area contributed by atoms with Gasteiger partial charge in [0, 0.05) is 5.92 Å². The van der Waals surface area contributed by atoms with Gasteiger partial charge in [0.2, 0.25) is 0 Å². The van der Waals surface area contributed by atoms with E-state index < -0.39 is 0 Å². The molecule has 1 aromatic heterocycles. The summed E-state index contributed by atoms with van der Waals surface area (Å²) >= 11 is 3.61. The van der Waals surface area contributed by atoms with Gasteiger partial charge in [0.1, 0.15) is 5.76 Å². The maximum Gasteiger partial charge on any atom is 0.121 e. The minimum Gasteiger partial charge on any atom is -0.468 e. The van der Waals surface area contributed by atoms with Crippen molar-refractivity contribution in [3.8, 4) is 0 Å². The largest absolute Gasteiger partial charge is 0.468 e. The first-order chi connectivity index (χ1) is 8.26. The predicted octanol–water partition coefficient (Wildman–Crippen LogP) is 4.17. The quantitative estimate of drug-likeness (QED) is 0.902. The third-order valence-electron chi connectivity index (χ3n) is 4.13. The molecule has 96 valence electrons. The third kappa shape index (κ3) is 2.94. The Bertz CT molecular complexity index is 350. The van der Waals surface area contributed by atoms with Gasteiger partial charge in [-0.1, -0.05) is 19.8 Å². The van der Waals surface area contributed by atoms with Crippen LogP contribution in [0, 0.1) is 11.8 Å². The van der Waals surface area contributed by atoms with Crippen LogP contribution in [0.4, 0.5) is 0 Å². The molecule has 1 heterocycles. The molecule has 2 nitrogen and oxygen atoms in total. The Balaban J connectivity index is 2.16. The highest BCUT2D eigenvalue weighted by atomic mass is 79.9. The fraction of sp³-hybridized carbons (Fsp3) is 0.714. The van der Waals surface area contributed by atoms with Crippen molar-refractivity contribution in [1.29, 1.82) is 0 Å². The van der Waals surface area contributed by atoms with E-state index in [2.05, 4.69) is 28.2 Å². The molecule has 3 atom stereocenters. The molecule has 0 amide bonds. The monoisotopic (exact) mass is 299 g/mol. The Kier molecular flexibility index (Phi) is 4.69. The van der Waals surface area contributed by atoms with Crippen LogP contribution in [0.3, 0.4) is 0 Å². The summed E-state index contributed by atoms with van der Waals surface area (Å²) in [6.45, 7) is 3.39. The van der Waals surface area contributed by atoms with Crippen LogP contribution in [0.25, 0.3) is 0 Å². The van der Waals surface area contributed by atoms with Gasteiger partial charge in [-0.2, -0.15) is 0 Å². The molecule has 2 rings (SSSR count). The minimum absolute atomic E-state index is 0.575. The van der Waals surface area contributed by atoms with E-state index in [1.54, 1.807) is 6.26 Å². The van der Waals surface area contributed by atoms with E-state index in [-0.39, 0.29) is 0 Å². The Morgan fingerprint density at radius 3 is 2.88 bits per heavy atom. The Hall–Kier alpha value is -0.280. The molecule has 1 saturated carbocycles. The summed E-state index contributed by atoms with van der Waals surface area (Å²) in [4.78, 5) is 0. The minimum atomic E-state index is 0.575. The maximum atomic E-state index is 5.70. The average Bonchev–Trinajstić information content (AvgIpc) is 2.76. The van der Waals surface area contributed by atoms with Gasteiger partial charge in [-0.25, -0.2) is 0 Å². The third-order valence-corrected chi connectivity index (χ3v) is 4.78. The molecule has 1 fully saturated rings. The van der Waals surface area contributed by atoms with Gasteiger partial charge in [-0.05, 0) is 60.3 Å². The molecular weight excluding hydrogens is 278 g/mol. The topological polar surface area (TPSA) is 25.2 Å². The predicted molar refractivity (Wildman–Crippen MR) is 74.2 cm³/mol. The fourth-order valence-electron chi connectivity index (χ4n) is 3.09. The summed E-state index contributed by atoms with van der Waals surface area (Å²) in [6.07, 6.45) is 7.05. The van der Waals surface area contributed by atoms with Crippen molar-refractivity contribution in [2.75, 3.05) is 13.6 Å². The molecule has 3 heteroatoms. The van der Waals surface area contributed by atoms with Crippen LogP contribution in [-0.2, 0) is 0 Å². The van der Waals surface area contributed by atoms with E-state index in [0.29, 0.717) is 11.8 Å². The molecule has 3 unspecified atom stereocenters. The summed E-state index contributed by atoms with van der Waals surface area (Å²) < 4.78 is 6.84. The van der Waals surface area contributed by atoms with E-state index in [4.69, 9.17) is 4.42 Å². The zero-order chi connectivity index (χ0) is 12.3. The van der Waals surface area contributed by atoms with Crippen LogP contribution >= 0.6 is 15.9 Å². The maximum absolute atomic E-state index is 5.70. The summed E-state index contributed by atoms with van der Waals surface area (Å²) in [5.74, 6) is 3.31. The summed E-state index contributed by atoms with van der Waals surface area (Å²) in [5, 5.41) is 3.32. The second-order valence-electron chi connectivity index (χ2n) is 5.14. The zero-order valence-corrected chi connectivity index (χ0v) is 12.3. The molecule has 1 aliphatic carbocycles. The number of furan rings is 1. The number of hydrogen-bond donors (Lipinski definition) is 1. The van der Waals surface area contributed by atoms with Crippen molar-refractivity contribution >= 4 is 15.9 Å². The molecule has 1 aliphatic rings. The highest BCUT2D eigenvalue weighted by Gasteiger charge is 2.33. The lowest BCUT2D eigenvalue weighted by atomic mass is 9.72. The van der Waals surface area contributed by atoms with Crippen molar-refractivity contribution in [1.82, 2.24) is 5.32 Å². The molecule has 0 spiro atoms. The molecule has 1 N–H and O–H groups in total. The standard InChI is InChI=1S/C14H22BrNO/c1-3-10-4-5-11(9-16-2)12(8-10)14-13(15)6-7-17-14/h6-7,10-12,16H,3-5,8-9H2,1-2H3. The van der Waals surface area contributed by atoms with E-state index in [0.717, 1.165) is 22.7 Å². The molecule has 0 aromatic carbocycles.